The number of methoxy groups -OCH3 is 2. The highest BCUT2D eigenvalue weighted by atomic mass is 31.2. The van der Waals surface area contributed by atoms with Gasteiger partial charge in [-0.2, -0.15) is 10.5 Å². The molecule has 0 amide bonds. The Morgan fingerprint density at radius 3 is 1.83 bits per heavy atom. The van der Waals surface area contributed by atoms with Crippen molar-refractivity contribution in [3.05, 3.63) is 209 Å². The first-order chi connectivity index (χ1) is 41.9. The number of aromatic nitrogens is 3. The van der Waals surface area contributed by atoms with Crippen LogP contribution in [0.2, 0.25) is 0 Å². The first-order valence-corrected chi connectivity index (χ1v) is 29.7. The second-order valence-corrected chi connectivity index (χ2v) is 23.2. The maximum atomic E-state index is 9.68. The third-order valence-electron chi connectivity index (χ3n) is 15.4. The molecule has 0 radical (unpaired) electrons. The number of hydrogen-bond acceptors (Lipinski definition) is 12. The van der Waals surface area contributed by atoms with Crippen molar-refractivity contribution in [2.24, 2.45) is 4.99 Å². The third kappa shape index (κ3) is 11.9. The van der Waals surface area contributed by atoms with E-state index in [1.807, 2.05) is 109 Å². The lowest BCUT2D eigenvalue weighted by atomic mass is 9.80. The van der Waals surface area contributed by atoms with E-state index in [2.05, 4.69) is 129 Å². The Hall–Kier alpha value is -9.18. The number of nitriles is 2. The Morgan fingerprint density at radius 2 is 1.26 bits per heavy atom. The van der Waals surface area contributed by atoms with E-state index in [9.17, 15) is 10.5 Å². The van der Waals surface area contributed by atoms with Crippen LogP contribution in [0.4, 0.5) is 5.82 Å². The molecular formula is C71H65N8O6P. The van der Waals surface area contributed by atoms with Crippen LogP contribution in [-0.2, 0) is 24.1 Å². The molecule has 0 N–H and O–H groups in total. The van der Waals surface area contributed by atoms with Gasteiger partial charge in [-0.05, 0) is 137 Å². The summed E-state index contributed by atoms with van der Waals surface area (Å²) in [5, 5.41) is 26.2. The molecule has 2 aromatic heterocycles. The standard InChI is InChI=1S/C71H65N8O6P/c1-47(2)79(48(3)4)86(83-40-12-39-72)85-63-41-65(84-64(63)44-82-71(56-13-10-9-11-14-56,57-29-33-59(80-7)34-30-57)58-31-35-60(81-8)36-32-58)78-43-55(68-69(76-46-77(5)6)74-45-75-70(68)78)26-23-52-22-25-54-27-37-61-51(20-19-49-15-17-50(42-73)18-16-49)21-24-53-28-38-62(52)67(54)66(53)61/h9-11,13-18,21-22,24-25,27-38,43,45-48,63-65H,12,40-41,44H2,1-8H3/b76-46-/t63-,64+,65+,86?/m0/s1. The molecule has 11 rings (SSSR count). The first kappa shape index (κ1) is 58.6. The Labute approximate surface area is 503 Å². The van der Waals surface area contributed by atoms with E-state index < -0.39 is 32.6 Å². The van der Waals surface area contributed by atoms with Crippen LogP contribution in [0, 0.1) is 46.3 Å². The number of fused-ring (bicyclic) bond motifs is 1. The zero-order valence-electron chi connectivity index (χ0n) is 49.4. The van der Waals surface area contributed by atoms with Gasteiger partial charge in [-0.15, -0.1) is 0 Å². The Morgan fingerprint density at radius 1 is 0.686 bits per heavy atom. The number of rotatable bonds is 19. The molecule has 430 valence electrons. The van der Waals surface area contributed by atoms with Crippen LogP contribution in [0.5, 0.6) is 11.5 Å². The van der Waals surface area contributed by atoms with Crippen molar-refractivity contribution < 1.29 is 28.0 Å². The summed E-state index contributed by atoms with van der Waals surface area (Å²) in [6.07, 6.45) is 3.89. The zero-order valence-corrected chi connectivity index (χ0v) is 50.2. The van der Waals surface area contributed by atoms with Crippen LogP contribution >= 0.6 is 8.53 Å². The third-order valence-corrected chi connectivity index (χ3v) is 17.5. The largest absolute Gasteiger partial charge is 0.497 e. The summed E-state index contributed by atoms with van der Waals surface area (Å²) in [7, 11) is 5.41. The fourth-order valence-electron chi connectivity index (χ4n) is 11.4. The van der Waals surface area contributed by atoms with Gasteiger partial charge >= 0.3 is 0 Å². The molecule has 0 saturated carbocycles. The van der Waals surface area contributed by atoms with Crippen LogP contribution in [-0.4, -0.2) is 96.3 Å². The van der Waals surface area contributed by atoms with Crippen molar-refractivity contribution in [1.29, 1.82) is 10.5 Å². The molecule has 8 aromatic carbocycles. The van der Waals surface area contributed by atoms with Crippen molar-refractivity contribution in [2.75, 3.05) is 41.5 Å². The highest BCUT2D eigenvalue weighted by molar-refractivity contribution is 7.44. The second kappa shape index (κ2) is 26.0. The summed E-state index contributed by atoms with van der Waals surface area (Å²) in [6.45, 7) is 8.76. The Balaban J connectivity index is 1.02. The Bertz CT molecular complexity index is 4230. The molecule has 0 bridgehead atoms. The average molecular weight is 1160 g/mol. The molecular weight excluding hydrogens is 1090 g/mol. The smallest absolute Gasteiger partial charge is 0.259 e. The minimum absolute atomic E-state index is 0.0468. The lowest BCUT2D eigenvalue weighted by Crippen LogP contribution is -2.39. The summed E-state index contributed by atoms with van der Waals surface area (Å²) in [5.41, 5.74) is 5.91. The maximum Gasteiger partial charge on any atom is 0.259 e. The van der Waals surface area contributed by atoms with E-state index in [1.54, 1.807) is 32.7 Å². The molecule has 1 saturated heterocycles. The van der Waals surface area contributed by atoms with Crippen molar-refractivity contribution in [3.8, 4) is 47.3 Å². The van der Waals surface area contributed by atoms with E-state index >= 15 is 0 Å². The first-order valence-electron chi connectivity index (χ1n) is 28.6. The van der Waals surface area contributed by atoms with Crippen LogP contribution in [0.15, 0.2) is 169 Å². The molecule has 1 fully saturated rings. The van der Waals surface area contributed by atoms with Crippen molar-refractivity contribution in [1.82, 2.24) is 24.1 Å². The van der Waals surface area contributed by atoms with Gasteiger partial charge in [0.2, 0.25) is 0 Å². The highest BCUT2D eigenvalue weighted by Gasteiger charge is 2.45. The van der Waals surface area contributed by atoms with Gasteiger partial charge in [0, 0.05) is 55.5 Å². The van der Waals surface area contributed by atoms with E-state index in [1.165, 1.54) is 6.33 Å². The van der Waals surface area contributed by atoms with Crippen molar-refractivity contribution >= 4 is 64.0 Å². The van der Waals surface area contributed by atoms with Crippen molar-refractivity contribution in [3.63, 3.8) is 0 Å². The van der Waals surface area contributed by atoms with E-state index in [4.69, 9.17) is 43.0 Å². The fraction of sp³-hybridized carbons (Fsp3) is 0.254. The summed E-state index contributed by atoms with van der Waals surface area (Å²) >= 11 is 0. The highest BCUT2D eigenvalue weighted by Crippen LogP contribution is 2.51. The monoisotopic (exact) mass is 1160 g/mol. The quantitative estimate of drug-likeness (QED) is 0.0144. The number of benzene rings is 8. The number of nitrogens with zero attached hydrogens (tertiary/aromatic N) is 8. The van der Waals surface area contributed by atoms with E-state index in [0.29, 0.717) is 45.9 Å². The normalized spacial score (nSPS) is 15.5. The fourth-order valence-corrected chi connectivity index (χ4v) is 13.2. The molecule has 0 aliphatic carbocycles. The molecule has 1 aliphatic heterocycles. The zero-order chi connectivity index (χ0) is 59.9. The van der Waals surface area contributed by atoms with Crippen LogP contribution in [0.25, 0.3) is 43.4 Å². The maximum absolute atomic E-state index is 9.68. The molecule has 1 unspecified atom stereocenters. The predicted octanol–water partition coefficient (Wildman–Crippen LogP) is 14.2. The molecule has 14 nitrogen and oxygen atoms in total. The van der Waals surface area contributed by atoms with Crippen LogP contribution in [0.3, 0.4) is 0 Å². The van der Waals surface area contributed by atoms with Gasteiger partial charge in [-0.25, -0.2) is 19.6 Å². The lowest BCUT2D eigenvalue weighted by molar-refractivity contribution is -0.0911. The summed E-state index contributed by atoms with van der Waals surface area (Å²) in [6, 6.07) is 54.9. The van der Waals surface area contributed by atoms with E-state index in [-0.39, 0.29) is 31.7 Å². The molecule has 3 heterocycles. The Kier molecular flexibility index (Phi) is 17.7. The molecule has 4 atom stereocenters. The summed E-state index contributed by atoms with van der Waals surface area (Å²) in [4.78, 5) is 16.4. The minimum Gasteiger partial charge on any atom is -0.497 e. The minimum atomic E-state index is -1.72. The van der Waals surface area contributed by atoms with Gasteiger partial charge in [-0.1, -0.05) is 115 Å². The SMILES string of the molecule is COc1ccc(C(OC[C@H]2O[C@@H](n3cc(C#Cc4ccc5ccc6c(C#Cc7ccc(C#N)cc7)ccc7ccc4c5c76)c4c(/N=C\N(C)C)ncnc43)C[C@@H]2OP(OCCC#N)N(C(C)C)C(C)C)(c2ccccc2)c2ccc(OC)cc2)cc1. The van der Waals surface area contributed by atoms with Gasteiger partial charge < -0.3 is 37.5 Å². The van der Waals surface area contributed by atoms with Gasteiger partial charge in [0.1, 0.15) is 41.4 Å². The average Bonchev–Trinajstić information content (AvgIpc) is 1.21. The summed E-state index contributed by atoms with van der Waals surface area (Å²) in [5.74, 6) is 15.8. The molecule has 0 spiro atoms. The molecule has 10 aromatic rings. The van der Waals surface area contributed by atoms with Crippen molar-refractivity contribution in [2.45, 2.75) is 76.7 Å². The molecule has 15 heteroatoms. The number of aliphatic imine (C=N–C) groups is 1. The van der Waals surface area contributed by atoms with Gasteiger partial charge in [0.15, 0.2) is 5.82 Å². The van der Waals surface area contributed by atoms with Gasteiger partial charge in [0.25, 0.3) is 8.53 Å². The predicted molar refractivity (Wildman–Crippen MR) is 340 cm³/mol. The lowest BCUT2D eigenvalue weighted by Gasteiger charge is -2.39. The van der Waals surface area contributed by atoms with Crippen LogP contribution < -0.4 is 9.47 Å². The van der Waals surface area contributed by atoms with E-state index in [0.717, 1.165) is 65.7 Å². The number of hydrogen-bond donors (Lipinski definition) is 0. The molecule has 86 heavy (non-hydrogen) atoms. The van der Waals surface area contributed by atoms with Crippen LogP contribution in [0.1, 0.15) is 91.3 Å². The topological polar surface area (TPSA) is 153 Å². The second-order valence-electron chi connectivity index (χ2n) is 21.8. The van der Waals surface area contributed by atoms with Gasteiger partial charge in [-0.3, -0.25) is 0 Å². The van der Waals surface area contributed by atoms with Gasteiger partial charge in [0.05, 0.1) is 74.9 Å². The molecule has 1 aliphatic rings. The summed E-state index contributed by atoms with van der Waals surface area (Å²) < 4.78 is 44.4. The number of ether oxygens (including phenoxy) is 4.